The normalized spacial score (nSPS) is 10.6. The molecule has 1 heterocycles. The molecule has 0 amide bonds. The van der Waals surface area contributed by atoms with Crippen molar-refractivity contribution in [3.8, 4) is 5.88 Å². The van der Waals surface area contributed by atoms with Gasteiger partial charge >= 0.3 is 0 Å². The van der Waals surface area contributed by atoms with Crippen molar-refractivity contribution in [3.63, 3.8) is 0 Å². The summed E-state index contributed by atoms with van der Waals surface area (Å²) in [6.07, 6.45) is 1.08. The number of nitrogens with zero attached hydrogens (tertiary/aromatic N) is 1. The van der Waals surface area contributed by atoms with E-state index in [1.807, 2.05) is 0 Å². The highest BCUT2D eigenvalue weighted by molar-refractivity contribution is 7.80. The first kappa shape index (κ1) is 15.8. The Morgan fingerprint density at radius 1 is 1.32 bits per heavy atom. The van der Waals surface area contributed by atoms with Crippen LogP contribution in [0.2, 0.25) is 0 Å². The molecule has 0 unspecified atom stereocenters. The summed E-state index contributed by atoms with van der Waals surface area (Å²) in [7, 11) is 0. The number of hydrogen-bond acceptors (Lipinski definition) is 5. The molecular weight excluding hydrogens is 329 g/mol. The van der Waals surface area contributed by atoms with Crippen molar-refractivity contribution in [3.05, 3.63) is 50.8 Å². The Morgan fingerprint density at radius 2 is 2.00 bits per heavy atom. The van der Waals surface area contributed by atoms with E-state index < -0.39 is 11.4 Å². The second-order valence-corrected chi connectivity index (χ2v) is 4.82. The number of H-pyrrole nitrogens is 2. The number of rotatable bonds is 3. The first-order valence-corrected chi connectivity index (χ1v) is 6.68. The molecular formula is C12H10FN5O2S2. The molecule has 22 heavy (non-hydrogen) atoms. The van der Waals surface area contributed by atoms with E-state index in [0.717, 1.165) is 6.21 Å². The van der Waals surface area contributed by atoms with Crippen LogP contribution < -0.4 is 16.3 Å². The van der Waals surface area contributed by atoms with Gasteiger partial charge in [-0.25, -0.2) is 4.39 Å². The first-order valence-electron chi connectivity index (χ1n) is 5.87. The van der Waals surface area contributed by atoms with Crippen molar-refractivity contribution < 1.29 is 9.50 Å². The van der Waals surface area contributed by atoms with Crippen molar-refractivity contribution in [1.29, 1.82) is 0 Å². The van der Waals surface area contributed by atoms with Gasteiger partial charge in [-0.1, -0.05) is 0 Å². The van der Waals surface area contributed by atoms with Gasteiger partial charge in [0.25, 0.3) is 5.56 Å². The average Bonchev–Trinajstić information content (AvgIpc) is 2.44. The van der Waals surface area contributed by atoms with E-state index in [4.69, 9.17) is 24.4 Å². The van der Waals surface area contributed by atoms with Gasteiger partial charge in [-0.2, -0.15) is 5.10 Å². The number of aromatic nitrogens is 2. The maximum absolute atomic E-state index is 12.8. The number of anilines is 1. The maximum Gasteiger partial charge on any atom is 0.264 e. The van der Waals surface area contributed by atoms with Gasteiger partial charge in [0.15, 0.2) is 9.88 Å². The molecule has 7 nitrogen and oxygen atoms in total. The van der Waals surface area contributed by atoms with Crippen LogP contribution in [0.15, 0.2) is 34.2 Å². The third kappa shape index (κ3) is 4.20. The van der Waals surface area contributed by atoms with Gasteiger partial charge in [-0.3, -0.25) is 15.2 Å². The summed E-state index contributed by atoms with van der Waals surface area (Å²) in [4.78, 5) is 16.2. The van der Waals surface area contributed by atoms with Crippen LogP contribution in [0.1, 0.15) is 5.56 Å². The quantitative estimate of drug-likeness (QED) is 0.330. The molecule has 0 bridgehead atoms. The van der Waals surface area contributed by atoms with Crippen LogP contribution >= 0.6 is 24.4 Å². The Bertz CT molecular complexity index is 829. The van der Waals surface area contributed by atoms with Crippen molar-refractivity contribution in [2.75, 3.05) is 5.32 Å². The van der Waals surface area contributed by atoms with Crippen molar-refractivity contribution in [1.82, 2.24) is 15.4 Å². The van der Waals surface area contributed by atoms with Gasteiger partial charge in [-0.15, -0.1) is 0 Å². The molecule has 0 atom stereocenters. The van der Waals surface area contributed by atoms with E-state index in [-0.39, 0.29) is 21.3 Å². The third-order valence-electron chi connectivity index (χ3n) is 2.42. The number of thiocarbonyl (C=S) groups is 1. The van der Waals surface area contributed by atoms with Crippen LogP contribution in [-0.2, 0) is 0 Å². The Morgan fingerprint density at radius 3 is 2.64 bits per heavy atom. The number of benzene rings is 1. The predicted molar refractivity (Wildman–Crippen MR) is 87.3 cm³/mol. The molecule has 0 saturated heterocycles. The zero-order valence-electron chi connectivity index (χ0n) is 10.9. The minimum absolute atomic E-state index is 0.00102. The van der Waals surface area contributed by atoms with Crippen LogP contribution in [0.4, 0.5) is 10.1 Å². The minimum atomic E-state index is -0.593. The van der Waals surface area contributed by atoms with Crippen LogP contribution in [0.5, 0.6) is 5.88 Å². The molecule has 2 rings (SSSR count). The zero-order valence-corrected chi connectivity index (χ0v) is 12.5. The highest BCUT2D eigenvalue weighted by Crippen LogP contribution is 2.08. The standard InChI is InChI=1S/C12H10FN5O2S2/c13-6-1-3-7(4-2-6)15-12(22)18-14-5-8-9(19)16-11(21)17-10(8)20/h1-5H,(H2,15,18,22)(H3,16,17,19,20,21). The van der Waals surface area contributed by atoms with E-state index in [0.29, 0.717) is 5.69 Å². The van der Waals surface area contributed by atoms with Gasteiger partial charge in [0.1, 0.15) is 11.4 Å². The molecule has 0 aliphatic rings. The van der Waals surface area contributed by atoms with Gasteiger partial charge < -0.3 is 15.4 Å². The Hall–Kier alpha value is -2.59. The lowest BCUT2D eigenvalue weighted by atomic mass is 10.3. The average molecular weight is 339 g/mol. The number of nitrogens with one attached hydrogen (secondary N) is 4. The molecule has 5 N–H and O–H groups in total. The summed E-state index contributed by atoms with van der Waals surface area (Å²) in [5.74, 6) is -0.768. The Kier molecular flexibility index (Phi) is 4.96. The lowest BCUT2D eigenvalue weighted by Crippen LogP contribution is -2.24. The summed E-state index contributed by atoms with van der Waals surface area (Å²) in [5.41, 5.74) is 2.32. The Balaban J connectivity index is 2.00. The second-order valence-electron chi connectivity index (χ2n) is 4.00. The molecule has 2 aromatic rings. The second kappa shape index (κ2) is 6.91. The highest BCUT2D eigenvalue weighted by atomic mass is 32.1. The largest absolute Gasteiger partial charge is 0.494 e. The fraction of sp³-hybridized carbons (Fsp3) is 0. The monoisotopic (exact) mass is 339 g/mol. The SMILES string of the molecule is O=c1[nH]c(=S)[nH]c(O)c1C=NNC(=S)Nc1ccc(F)cc1. The summed E-state index contributed by atoms with van der Waals surface area (Å²) < 4.78 is 12.8. The highest BCUT2D eigenvalue weighted by Gasteiger charge is 2.04. The van der Waals surface area contributed by atoms with Gasteiger partial charge in [0.05, 0.1) is 6.21 Å². The van der Waals surface area contributed by atoms with E-state index in [1.54, 1.807) is 0 Å². The van der Waals surface area contributed by atoms with Crippen LogP contribution in [0, 0.1) is 10.6 Å². The molecule has 0 aliphatic carbocycles. The van der Waals surface area contributed by atoms with Gasteiger partial charge in [0.2, 0.25) is 5.88 Å². The molecule has 0 fully saturated rings. The summed E-state index contributed by atoms with van der Waals surface area (Å²) in [6, 6.07) is 5.55. The van der Waals surface area contributed by atoms with E-state index in [9.17, 15) is 14.3 Å². The molecule has 10 heteroatoms. The lowest BCUT2D eigenvalue weighted by Gasteiger charge is -2.06. The molecule has 0 aliphatic heterocycles. The summed E-state index contributed by atoms with van der Waals surface area (Å²) in [5, 5.41) is 16.2. The number of aromatic amines is 2. The smallest absolute Gasteiger partial charge is 0.264 e. The minimum Gasteiger partial charge on any atom is -0.494 e. The van der Waals surface area contributed by atoms with Gasteiger partial charge in [0, 0.05) is 5.69 Å². The lowest BCUT2D eigenvalue weighted by molar-refractivity contribution is 0.449. The summed E-state index contributed by atoms with van der Waals surface area (Å²) in [6.45, 7) is 0. The molecule has 0 saturated carbocycles. The number of hydrogen-bond donors (Lipinski definition) is 5. The van der Waals surface area contributed by atoms with E-state index in [2.05, 4.69) is 25.8 Å². The Labute approximate surface area is 133 Å². The predicted octanol–water partition coefficient (Wildman–Crippen LogP) is 1.60. The topological polar surface area (TPSA) is 105 Å². The van der Waals surface area contributed by atoms with Crippen LogP contribution in [-0.4, -0.2) is 26.4 Å². The number of halogens is 1. The molecule has 1 aromatic carbocycles. The summed E-state index contributed by atoms with van der Waals surface area (Å²) >= 11 is 9.66. The van der Waals surface area contributed by atoms with Crippen molar-refractivity contribution in [2.45, 2.75) is 0 Å². The van der Waals surface area contributed by atoms with Gasteiger partial charge in [-0.05, 0) is 48.7 Å². The fourth-order valence-electron chi connectivity index (χ4n) is 1.45. The van der Waals surface area contributed by atoms with E-state index >= 15 is 0 Å². The van der Waals surface area contributed by atoms with Crippen LogP contribution in [0.25, 0.3) is 0 Å². The molecule has 114 valence electrons. The van der Waals surface area contributed by atoms with Crippen molar-refractivity contribution in [2.24, 2.45) is 5.10 Å². The van der Waals surface area contributed by atoms with Crippen molar-refractivity contribution >= 4 is 41.5 Å². The fourth-order valence-corrected chi connectivity index (χ4v) is 1.81. The molecule has 0 radical (unpaired) electrons. The molecule has 1 aromatic heterocycles. The zero-order chi connectivity index (χ0) is 16.1. The first-order chi connectivity index (χ1) is 10.5. The number of hydrazone groups is 1. The van der Waals surface area contributed by atoms with Crippen LogP contribution in [0.3, 0.4) is 0 Å². The molecule has 0 spiro atoms. The van der Waals surface area contributed by atoms with E-state index in [1.165, 1.54) is 24.3 Å². The number of aromatic hydroxyl groups is 1. The third-order valence-corrected chi connectivity index (χ3v) is 2.82. The maximum atomic E-state index is 12.8.